The average Bonchev–Trinajstić information content (AvgIpc) is 4.09. The summed E-state index contributed by atoms with van der Waals surface area (Å²) in [7, 11) is -2.23. The normalized spacial score (nSPS) is 28.0. The monoisotopic (exact) mass is 762 g/mol. The number of sulfonamides is 1. The standard InChI is InChI=1S/C38H46N6O7S2/c1-21-31(50-2)15-14-26-32(17-28(40-33(21)26)35-41-29(20-52-35)22-10-11-22)51-24-16-30-34(45)42-38(37(47)43-53(48,49)25-12-13-25)18-23(38)8-6-4-3-5-7-9-27(39)36(46)44(30)19-24/h6,8,14-15,17,20,22-25,27,30H,3-5,7,9-13,16,18-19,39H2,1-2H3,(H,42,45)(H,43,47)/t23-,24-,27+,30+,38-/m1/s1. The maximum Gasteiger partial charge on any atom is 0.259 e. The van der Waals surface area contributed by atoms with Crippen LogP contribution in [-0.4, -0.2) is 83.6 Å². The van der Waals surface area contributed by atoms with E-state index >= 15 is 0 Å². The Hall–Kier alpha value is -4.08. The van der Waals surface area contributed by atoms with Crippen molar-refractivity contribution in [2.45, 2.75) is 112 Å². The molecule has 3 amide bonds. The van der Waals surface area contributed by atoms with Crippen LogP contribution in [0.2, 0.25) is 0 Å². The van der Waals surface area contributed by atoms with E-state index in [1.54, 1.807) is 7.11 Å². The Labute approximate surface area is 313 Å². The maximum atomic E-state index is 14.3. The molecule has 0 radical (unpaired) electrons. The summed E-state index contributed by atoms with van der Waals surface area (Å²) >= 11 is 1.54. The number of pyridine rings is 1. The Morgan fingerprint density at radius 1 is 1.09 bits per heavy atom. The van der Waals surface area contributed by atoms with Crippen LogP contribution in [0.4, 0.5) is 0 Å². The molecule has 13 nitrogen and oxygen atoms in total. The van der Waals surface area contributed by atoms with E-state index in [1.807, 2.05) is 37.3 Å². The average molecular weight is 763 g/mol. The molecule has 4 heterocycles. The molecule has 8 rings (SSSR count). The molecule has 15 heteroatoms. The first-order chi connectivity index (χ1) is 25.5. The lowest BCUT2D eigenvalue weighted by atomic mass is 10.1. The van der Waals surface area contributed by atoms with Crippen LogP contribution < -0.4 is 25.2 Å². The number of nitrogens with two attached hydrogens (primary N) is 1. The number of rotatable bonds is 8. The number of aromatic nitrogens is 2. The van der Waals surface area contributed by atoms with Crippen molar-refractivity contribution in [2.75, 3.05) is 13.7 Å². The number of ether oxygens (including phenoxy) is 2. The van der Waals surface area contributed by atoms with Gasteiger partial charge in [0.1, 0.15) is 39.9 Å². The summed E-state index contributed by atoms with van der Waals surface area (Å²) in [5.74, 6) is -0.306. The molecule has 4 fully saturated rings. The number of fused-ring (bicyclic) bond motifs is 3. The molecule has 0 unspecified atom stereocenters. The van der Waals surface area contributed by atoms with Crippen LogP contribution in [0.15, 0.2) is 35.7 Å². The quantitative estimate of drug-likeness (QED) is 0.281. The van der Waals surface area contributed by atoms with Gasteiger partial charge in [-0.15, -0.1) is 11.3 Å². The van der Waals surface area contributed by atoms with Gasteiger partial charge in [0.15, 0.2) is 0 Å². The van der Waals surface area contributed by atoms with E-state index in [0.717, 1.165) is 60.2 Å². The highest BCUT2D eigenvalue weighted by molar-refractivity contribution is 7.91. The number of carbonyl (C=O) groups excluding carboxylic acids is 3. The molecule has 282 valence electrons. The first-order valence-corrected chi connectivity index (χ1v) is 21.1. The van der Waals surface area contributed by atoms with Crippen LogP contribution >= 0.6 is 11.3 Å². The van der Waals surface area contributed by atoms with E-state index in [0.29, 0.717) is 47.9 Å². The van der Waals surface area contributed by atoms with E-state index in [-0.39, 0.29) is 31.2 Å². The van der Waals surface area contributed by atoms with E-state index in [2.05, 4.69) is 15.4 Å². The van der Waals surface area contributed by atoms with Gasteiger partial charge in [0, 0.05) is 40.7 Å². The largest absolute Gasteiger partial charge is 0.496 e. The van der Waals surface area contributed by atoms with Crippen LogP contribution in [0.5, 0.6) is 11.5 Å². The van der Waals surface area contributed by atoms with Crippen molar-refractivity contribution in [3.05, 3.63) is 47.0 Å². The van der Waals surface area contributed by atoms with Gasteiger partial charge in [-0.2, -0.15) is 0 Å². The van der Waals surface area contributed by atoms with Gasteiger partial charge in [0.2, 0.25) is 21.8 Å². The number of amides is 3. The second-order valence-corrected chi connectivity index (χ2v) is 18.1. The fourth-order valence-electron chi connectivity index (χ4n) is 7.70. The maximum absolute atomic E-state index is 14.3. The number of hydrogen-bond donors (Lipinski definition) is 3. The molecule has 1 aromatic carbocycles. The minimum absolute atomic E-state index is 0.0978. The fraction of sp³-hybridized carbons (Fsp3) is 0.553. The van der Waals surface area contributed by atoms with Gasteiger partial charge in [0.05, 0.1) is 36.2 Å². The lowest BCUT2D eigenvalue weighted by Crippen LogP contribution is -2.57. The zero-order chi connectivity index (χ0) is 37.1. The van der Waals surface area contributed by atoms with E-state index < -0.39 is 50.8 Å². The highest BCUT2D eigenvalue weighted by atomic mass is 32.2. The molecule has 4 N–H and O–H groups in total. The predicted octanol–water partition coefficient (Wildman–Crippen LogP) is 4.23. The Kier molecular flexibility index (Phi) is 9.46. The molecule has 3 aromatic rings. The fourth-order valence-corrected chi connectivity index (χ4v) is 9.92. The van der Waals surface area contributed by atoms with Gasteiger partial charge in [-0.1, -0.05) is 25.0 Å². The van der Waals surface area contributed by atoms with Crippen molar-refractivity contribution >= 4 is 50.0 Å². The van der Waals surface area contributed by atoms with Gasteiger partial charge < -0.3 is 25.4 Å². The van der Waals surface area contributed by atoms with Crippen LogP contribution in [0.1, 0.15) is 87.8 Å². The summed E-state index contributed by atoms with van der Waals surface area (Å²) < 4.78 is 40.2. The van der Waals surface area contributed by atoms with Gasteiger partial charge in [-0.25, -0.2) is 18.4 Å². The topological polar surface area (TPSA) is 183 Å². The summed E-state index contributed by atoms with van der Waals surface area (Å²) in [6.45, 7) is 2.04. The molecule has 3 aliphatic carbocycles. The highest BCUT2D eigenvalue weighted by Gasteiger charge is 2.62. The zero-order valence-corrected chi connectivity index (χ0v) is 31.6. The van der Waals surface area contributed by atoms with E-state index in [4.69, 9.17) is 25.2 Å². The summed E-state index contributed by atoms with van der Waals surface area (Å²) in [4.78, 5) is 53.3. The second-order valence-electron chi connectivity index (χ2n) is 15.2. The van der Waals surface area contributed by atoms with Crippen molar-refractivity contribution in [1.29, 1.82) is 0 Å². The summed E-state index contributed by atoms with van der Waals surface area (Å²) in [5, 5.41) is 5.94. The minimum Gasteiger partial charge on any atom is -0.496 e. The molecular weight excluding hydrogens is 717 g/mol. The Balaban J connectivity index is 1.11. The molecule has 5 aliphatic rings. The molecule has 2 aliphatic heterocycles. The first-order valence-electron chi connectivity index (χ1n) is 18.7. The molecule has 3 saturated carbocycles. The number of carbonyl (C=O) groups is 3. The Morgan fingerprint density at radius 2 is 1.91 bits per heavy atom. The van der Waals surface area contributed by atoms with Crippen molar-refractivity contribution in [3.63, 3.8) is 0 Å². The molecular formula is C38H46N6O7S2. The Morgan fingerprint density at radius 3 is 2.66 bits per heavy atom. The van der Waals surface area contributed by atoms with Crippen LogP contribution in [0, 0.1) is 12.8 Å². The molecule has 5 atom stereocenters. The predicted molar refractivity (Wildman–Crippen MR) is 200 cm³/mol. The number of benzene rings is 1. The number of thiazole rings is 1. The van der Waals surface area contributed by atoms with E-state index in [9.17, 15) is 22.8 Å². The minimum atomic E-state index is -3.85. The van der Waals surface area contributed by atoms with Gasteiger partial charge in [0.25, 0.3) is 5.91 Å². The highest BCUT2D eigenvalue weighted by Crippen LogP contribution is 2.46. The lowest BCUT2D eigenvalue weighted by Gasteiger charge is -2.28. The lowest BCUT2D eigenvalue weighted by molar-refractivity contribution is -0.140. The van der Waals surface area contributed by atoms with Crippen molar-refractivity contribution < 1.29 is 32.3 Å². The van der Waals surface area contributed by atoms with Gasteiger partial charge in [-0.05, 0) is 70.4 Å². The second kappa shape index (κ2) is 14.0. The summed E-state index contributed by atoms with van der Waals surface area (Å²) in [6, 6.07) is 3.82. The molecule has 0 bridgehead atoms. The van der Waals surface area contributed by atoms with Gasteiger partial charge in [-0.3, -0.25) is 19.1 Å². The number of nitrogens with one attached hydrogen (secondary N) is 2. The van der Waals surface area contributed by atoms with Crippen LogP contribution in [0.3, 0.4) is 0 Å². The Bertz CT molecular complexity index is 2090. The number of methoxy groups -OCH3 is 1. The SMILES string of the molecule is COc1ccc2c(O[C@@H]3C[C@H]4C(=O)N[C@]5(C(=O)NS(=O)(=O)C6CC6)C[C@H]5C=CCCCCC[C@H](N)C(=O)N4C3)cc(-c3nc(C4CC4)cs3)nc2c1C. The smallest absolute Gasteiger partial charge is 0.259 e. The third-order valence-electron chi connectivity index (χ3n) is 11.3. The first kappa shape index (κ1) is 35.9. The third-order valence-corrected chi connectivity index (χ3v) is 14.0. The molecule has 1 saturated heterocycles. The number of nitrogens with zero attached hydrogens (tertiary/aromatic N) is 3. The third kappa shape index (κ3) is 7.15. The van der Waals surface area contributed by atoms with E-state index in [1.165, 1.54) is 16.2 Å². The number of aryl methyl sites for hydroxylation is 1. The van der Waals surface area contributed by atoms with Crippen molar-refractivity contribution in [2.24, 2.45) is 11.7 Å². The molecule has 2 aromatic heterocycles. The molecule has 53 heavy (non-hydrogen) atoms. The van der Waals surface area contributed by atoms with Crippen LogP contribution in [0.25, 0.3) is 21.6 Å². The summed E-state index contributed by atoms with van der Waals surface area (Å²) in [6.07, 6.45) is 10.7. The molecule has 0 spiro atoms. The van der Waals surface area contributed by atoms with Crippen LogP contribution in [-0.2, 0) is 24.4 Å². The van der Waals surface area contributed by atoms with Gasteiger partial charge >= 0.3 is 0 Å². The number of allylic oxidation sites excluding steroid dienone is 1. The van der Waals surface area contributed by atoms with Crippen molar-refractivity contribution in [1.82, 2.24) is 24.9 Å². The zero-order valence-electron chi connectivity index (χ0n) is 30.0. The summed E-state index contributed by atoms with van der Waals surface area (Å²) in [5.41, 5.74) is 8.30. The van der Waals surface area contributed by atoms with Crippen molar-refractivity contribution in [3.8, 4) is 22.2 Å². The number of hydrogen-bond acceptors (Lipinski definition) is 11.